The molecule has 0 radical (unpaired) electrons. The van der Waals surface area contributed by atoms with Crippen LogP contribution in [0.25, 0.3) is 11.0 Å². The molecular weight excluding hydrogens is 324 g/mol. The van der Waals surface area contributed by atoms with Gasteiger partial charge in [-0.25, -0.2) is 4.98 Å². The first-order valence-corrected chi connectivity index (χ1v) is 7.93. The maximum Gasteiger partial charge on any atom is 0.114 e. The van der Waals surface area contributed by atoms with Crippen molar-refractivity contribution in [3.63, 3.8) is 0 Å². The summed E-state index contributed by atoms with van der Waals surface area (Å²) in [5.41, 5.74) is 7.54. The SMILES string of the molecule is Cc1cccc(C)c1Cc1nc2c(C)cc(Br)cc2n1C. The van der Waals surface area contributed by atoms with Crippen LogP contribution in [-0.4, -0.2) is 9.55 Å². The molecule has 0 fully saturated rings. The van der Waals surface area contributed by atoms with Crippen molar-refractivity contribution in [2.75, 3.05) is 0 Å². The van der Waals surface area contributed by atoms with E-state index in [2.05, 4.69) is 78.6 Å². The monoisotopic (exact) mass is 342 g/mol. The number of aryl methyl sites for hydroxylation is 4. The average Bonchev–Trinajstić information content (AvgIpc) is 2.72. The van der Waals surface area contributed by atoms with Crippen molar-refractivity contribution >= 4 is 27.0 Å². The van der Waals surface area contributed by atoms with Gasteiger partial charge >= 0.3 is 0 Å². The Morgan fingerprint density at radius 2 is 1.71 bits per heavy atom. The Hall–Kier alpha value is -1.61. The van der Waals surface area contributed by atoms with Gasteiger partial charge in [0.1, 0.15) is 5.82 Å². The van der Waals surface area contributed by atoms with E-state index in [1.54, 1.807) is 0 Å². The fraction of sp³-hybridized carbons (Fsp3) is 0.278. The molecule has 21 heavy (non-hydrogen) atoms. The first-order valence-electron chi connectivity index (χ1n) is 7.14. The Balaban J connectivity index is 2.14. The van der Waals surface area contributed by atoms with Crippen LogP contribution >= 0.6 is 15.9 Å². The molecule has 0 aliphatic heterocycles. The second-order valence-electron chi connectivity index (χ2n) is 5.72. The fourth-order valence-corrected chi connectivity index (χ4v) is 3.47. The third-order valence-electron chi connectivity index (χ3n) is 4.21. The number of hydrogen-bond acceptors (Lipinski definition) is 1. The van der Waals surface area contributed by atoms with E-state index < -0.39 is 0 Å². The van der Waals surface area contributed by atoms with Crippen molar-refractivity contribution in [3.05, 3.63) is 62.9 Å². The first-order chi connectivity index (χ1) is 9.97. The normalized spacial score (nSPS) is 11.3. The molecule has 0 unspecified atom stereocenters. The summed E-state index contributed by atoms with van der Waals surface area (Å²) in [6.07, 6.45) is 0.876. The highest BCUT2D eigenvalue weighted by Crippen LogP contribution is 2.26. The standard InChI is InChI=1S/C18H19BrN2/c1-11-6-5-7-12(2)15(11)10-17-20-18-13(3)8-14(19)9-16(18)21(17)4/h5-9H,10H2,1-4H3. The van der Waals surface area contributed by atoms with Crippen LogP contribution < -0.4 is 0 Å². The lowest BCUT2D eigenvalue weighted by molar-refractivity contribution is 0.839. The molecule has 1 heterocycles. The van der Waals surface area contributed by atoms with Crippen LogP contribution in [0, 0.1) is 20.8 Å². The second kappa shape index (κ2) is 5.30. The van der Waals surface area contributed by atoms with Gasteiger partial charge in [-0.05, 0) is 55.2 Å². The number of fused-ring (bicyclic) bond motifs is 1. The van der Waals surface area contributed by atoms with E-state index in [9.17, 15) is 0 Å². The maximum atomic E-state index is 4.87. The summed E-state index contributed by atoms with van der Waals surface area (Å²) in [6.45, 7) is 6.46. The molecule has 0 saturated carbocycles. The lowest BCUT2D eigenvalue weighted by atomic mass is 10.00. The summed E-state index contributed by atoms with van der Waals surface area (Å²) in [7, 11) is 2.10. The van der Waals surface area contributed by atoms with E-state index in [-0.39, 0.29) is 0 Å². The van der Waals surface area contributed by atoms with Gasteiger partial charge in [-0.1, -0.05) is 34.1 Å². The molecule has 0 aliphatic rings. The van der Waals surface area contributed by atoms with Crippen LogP contribution in [0.2, 0.25) is 0 Å². The number of imidazole rings is 1. The van der Waals surface area contributed by atoms with Crippen molar-refractivity contribution in [2.45, 2.75) is 27.2 Å². The smallest absolute Gasteiger partial charge is 0.114 e. The predicted molar refractivity (Wildman–Crippen MR) is 91.9 cm³/mol. The minimum atomic E-state index is 0.876. The highest BCUT2D eigenvalue weighted by atomic mass is 79.9. The Labute approximate surface area is 134 Å². The molecule has 0 saturated heterocycles. The van der Waals surface area contributed by atoms with Gasteiger partial charge in [0, 0.05) is 17.9 Å². The summed E-state index contributed by atoms with van der Waals surface area (Å²) in [5.74, 6) is 1.11. The highest BCUT2D eigenvalue weighted by Gasteiger charge is 2.13. The zero-order chi connectivity index (χ0) is 15.1. The molecule has 0 spiro atoms. The van der Waals surface area contributed by atoms with Crippen molar-refractivity contribution < 1.29 is 0 Å². The lowest BCUT2D eigenvalue weighted by Gasteiger charge is -2.09. The van der Waals surface area contributed by atoms with Crippen molar-refractivity contribution in [1.29, 1.82) is 0 Å². The Morgan fingerprint density at radius 3 is 2.38 bits per heavy atom. The lowest BCUT2D eigenvalue weighted by Crippen LogP contribution is -2.02. The third kappa shape index (κ3) is 2.51. The summed E-state index contributed by atoms with van der Waals surface area (Å²) in [6, 6.07) is 10.7. The van der Waals surface area contributed by atoms with E-state index in [0.717, 1.165) is 22.2 Å². The molecule has 3 rings (SSSR count). The molecule has 2 nitrogen and oxygen atoms in total. The topological polar surface area (TPSA) is 17.8 Å². The minimum absolute atomic E-state index is 0.876. The van der Waals surface area contributed by atoms with Crippen molar-refractivity contribution in [1.82, 2.24) is 9.55 Å². The molecule has 2 aromatic carbocycles. The van der Waals surface area contributed by atoms with Crippen LogP contribution in [0.4, 0.5) is 0 Å². The van der Waals surface area contributed by atoms with E-state index in [1.165, 1.54) is 27.8 Å². The second-order valence-corrected chi connectivity index (χ2v) is 6.64. The highest BCUT2D eigenvalue weighted by molar-refractivity contribution is 9.10. The van der Waals surface area contributed by atoms with Crippen LogP contribution in [-0.2, 0) is 13.5 Å². The molecule has 0 N–H and O–H groups in total. The number of rotatable bonds is 2. The van der Waals surface area contributed by atoms with Crippen LogP contribution in [0.5, 0.6) is 0 Å². The van der Waals surface area contributed by atoms with Gasteiger partial charge in [0.15, 0.2) is 0 Å². The Morgan fingerprint density at radius 1 is 1.05 bits per heavy atom. The van der Waals surface area contributed by atoms with Crippen molar-refractivity contribution in [2.24, 2.45) is 7.05 Å². The fourth-order valence-electron chi connectivity index (χ4n) is 2.91. The van der Waals surface area contributed by atoms with Gasteiger partial charge in [0.2, 0.25) is 0 Å². The summed E-state index contributed by atoms with van der Waals surface area (Å²) >= 11 is 3.58. The zero-order valence-corrected chi connectivity index (χ0v) is 14.5. The molecule has 3 heteroatoms. The zero-order valence-electron chi connectivity index (χ0n) is 12.9. The molecule has 0 aliphatic carbocycles. The van der Waals surface area contributed by atoms with E-state index in [4.69, 9.17) is 4.98 Å². The van der Waals surface area contributed by atoms with Crippen LogP contribution in [0.15, 0.2) is 34.8 Å². The number of hydrogen-bond donors (Lipinski definition) is 0. The number of halogens is 1. The van der Waals surface area contributed by atoms with E-state index in [1.807, 2.05) is 0 Å². The molecule has 1 aromatic heterocycles. The van der Waals surface area contributed by atoms with Gasteiger partial charge < -0.3 is 4.57 Å². The molecule has 0 atom stereocenters. The molecule has 0 bridgehead atoms. The minimum Gasteiger partial charge on any atom is -0.331 e. The van der Waals surface area contributed by atoms with Crippen LogP contribution in [0.3, 0.4) is 0 Å². The third-order valence-corrected chi connectivity index (χ3v) is 4.67. The van der Waals surface area contributed by atoms with Gasteiger partial charge in [-0.15, -0.1) is 0 Å². The van der Waals surface area contributed by atoms with Gasteiger partial charge in [-0.2, -0.15) is 0 Å². The molecule has 0 amide bonds. The largest absolute Gasteiger partial charge is 0.331 e. The summed E-state index contributed by atoms with van der Waals surface area (Å²) in [4.78, 5) is 4.87. The van der Waals surface area contributed by atoms with Crippen LogP contribution in [0.1, 0.15) is 28.1 Å². The maximum absolute atomic E-state index is 4.87. The summed E-state index contributed by atoms with van der Waals surface area (Å²) < 4.78 is 3.31. The van der Waals surface area contributed by atoms with Gasteiger partial charge in [0.25, 0.3) is 0 Å². The molecular formula is C18H19BrN2. The van der Waals surface area contributed by atoms with Gasteiger partial charge in [0.05, 0.1) is 11.0 Å². The Kier molecular flexibility index (Phi) is 3.62. The van der Waals surface area contributed by atoms with E-state index >= 15 is 0 Å². The number of benzene rings is 2. The number of aromatic nitrogens is 2. The Bertz CT molecular complexity index is 811. The number of nitrogens with zero attached hydrogens (tertiary/aromatic N) is 2. The first kappa shape index (κ1) is 14.3. The average molecular weight is 343 g/mol. The summed E-state index contributed by atoms with van der Waals surface area (Å²) in [5, 5.41) is 0. The molecule has 3 aromatic rings. The van der Waals surface area contributed by atoms with E-state index in [0.29, 0.717) is 0 Å². The predicted octanol–water partition coefficient (Wildman–Crippen LogP) is 4.85. The van der Waals surface area contributed by atoms with Crippen molar-refractivity contribution in [3.8, 4) is 0 Å². The molecule has 108 valence electrons. The quantitative estimate of drug-likeness (QED) is 0.650. The van der Waals surface area contributed by atoms with Gasteiger partial charge in [-0.3, -0.25) is 0 Å².